The van der Waals surface area contributed by atoms with E-state index in [9.17, 15) is 9.59 Å². The number of hydrogen-bond acceptors (Lipinski definition) is 5. The van der Waals surface area contributed by atoms with E-state index in [0.29, 0.717) is 26.2 Å². The predicted molar refractivity (Wildman–Crippen MR) is 76.3 cm³/mol. The molecule has 0 aliphatic carbocycles. The van der Waals surface area contributed by atoms with Crippen molar-refractivity contribution in [2.75, 3.05) is 26.8 Å². The molecule has 1 aliphatic heterocycles. The van der Waals surface area contributed by atoms with Crippen LogP contribution in [0.4, 0.5) is 0 Å². The Morgan fingerprint density at radius 1 is 1.38 bits per heavy atom. The molecule has 0 spiro atoms. The van der Waals surface area contributed by atoms with Crippen molar-refractivity contribution in [3.05, 3.63) is 28.2 Å². The lowest BCUT2D eigenvalue weighted by molar-refractivity contribution is -0.0588. The zero-order valence-electron chi connectivity index (χ0n) is 12.6. The van der Waals surface area contributed by atoms with Crippen LogP contribution in [-0.2, 0) is 16.0 Å². The molecule has 2 rings (SSSR count). The van der Waals surface area contributed by atoms with Gasteiger partial charge in [0.1, 0.15) is 5.69 Å². The van der Waals surface area contributed by atoms with E-state index < -0.39 is 0 Å². The summed E-state index contributed by atoms with van der Waals surface area (Å²) in [5.74, 6) is -0.178. The summed E-state index contributed by atoms with van der Waals surface area (Å²) < 4.78 is 11.8. The molecule has 1 saturated heterocycles. The van der Waals surface area contributed by atoms with Crippen LogP contribution in [0.1, 0.15) is 24.3 Å². The molecule has 7 nitrogen and oxygen atoms in total. The van der Waals surface area contributed by atoms with Crippen molar-refractivity contribution in [3.8, 4) is 0 Å². The first-order chi connectivity index (χ1) is 10.0. The molecule has 2 atom stereocenters. The number of rotatable bonds is 4. The Balaban J connectivity index is 2.17. The summed E-state index contributed by atoms with van der Waals surface area (Å²) in [7, 11) is 1.55. The fraction of sp³-hybridized carbons (Fsp3) is 0.643. The molecule has 0 aromatic carbocycles. The van der Waals surface area contributed by atoms with Crippen LogP contribution in [-0.4, -0.2) is 59.6 Å². The van der Waals surface area contributed by atoms with Gasteiger partial charge in [0, 0.05) is 26.3 Å². The normalized spacial score (nSPS) is 22.3. The predicted octanol–water partition coefficient (Wildman–Crippen LogP) is 0.139. The van der Waals surface area contributed by atoms with Crippen molar-refractivity contribution in [2.45, 2.75) is 32.6 Å². The van der Waals surface area contributed by atoms with Gasteiger partial charge in [0.05, 0.1) is 25.4 Å². The smallest absolute Gasteiger partial charge is 0.274 e. The number of amides is 1. The first-order valence-electron chi connectivity index (χ1n) is 7.03. The van der Waals surface area contributed by atoms with Gasteiger partial charge >= 0.3 is 0 Å². The summed E-state index contributed by atoms with van der Waals surface area (Å²) >= 11 is 0. The second-order valence-electron chi connectivity index (χ2n) is 5.24. The second kappa shape index (κ2) is 6.82. The largest absolute Gasteiger partial charge is 0.383 e. The van der Waals surface area contributed by atoms with Gasteiger partial charge in [-0.1, -0.05) is 0 Å². The number of methoxy groups -OCH3 is 1. The van der Waals surface area contributed by atoms with Crippen LogP contribution in [0.15, 0.2) is 16.9 Å². The summed E-state index contributed by atoms with van der Waals surface area (Å²) in [6, 6.07) is 2.84. The van der Waals surface area contributed by atoms with Gasteiger partial charge in [-0.05, 0) is 19.9 Å². The van der Waals surface area contributed by atoms with E-state index in [4.69, 9.17) is 9.47 Å². The highest BCUT2D eigenvalue weighted by atomic mass is 16.5. The van der Waals surface area contributed by atoms with Gasteiger partial charge in [-0.15, -0.1) is 0 Å². The fourth-order valence-electron chi connectivity index (χ4n) is 2.41. The third kappa shape index (κ3) is 3.89. The Bertz CT molecular complexity index is 547. The van der Waals surface area contributed by atoms with Crippen LogP contribution < -0.4 is 5.56 Å². The number of aromatic nitrogens is 2. The molecule has 0 radical (unpaired) electrons. The number of hydrogen-bond donors (Lipinski definition) is 0. The minimum atomic E-state index is -0.243. The number of carbonyl (C=O) groups excluding carboxylic acids is 1. The van der Waals surface area contributed by atoms with E-state index in [1.54, 1.807) is 12.0 Å². The highest BCUT2D eigenvalue weighted by Crippen LogP contribution is 2.12. The molecule has 116 valence electrons. The first-order valence-corrected chi connectivity index (χ1v) is 7.03. The van der Waals surface area contributed by atoms with E-state index in [-0.39, 0.29) is 29.4 Å². The number of carbonyl (C=O) groups is 1. The number of ether oxygens (including phenoxy) is 2. The zero-order chi connectivity index (χ0) is 15.4. The minimum Gasteiger partial charge on any atom is -0.383 e. The van der Waals surface area contributed by atoms with Crippen LogP contribution in [0.2, 0.25) is 0 Å². The van der Waals surface area contributed by atoms with Crippen molar-refractivity contribution in [3.63, 3.8) is 0 Å². The van der Waals surface area contributed by atoms with E-state index in [2.05, 4.69) is 5.10 Å². The van der Waals surface area contributed by atoms with Gasteiger partial charge in [-0.3, -0.25) is 9.59 Å². The maximum absolute atomic E-state index is 12.5. The quantitative estimate of drug-likeness (QED) is 0.790. The molecular formula is C14H21N3O4. The van der Waals surface area contributed by atoms with Gasteiger partial charge in [-0.25, -0.2) is 4.68 Å². The molecule has 21 heavy (non-hydrogen) atoms. The van der Waals surface area contributed by atoms with Crippen molar-refractivity contribution in [1.82, 2.24) is 14.7 Å². The van der Waals surface area contributed by atoms with Gasteiger partial charge < -0.3 is 14.4 Å². The summed E-state index contributed by atoms with van der Waals surface area (Å²) in [5.41, 5.74) is 0.0271. The lowest BCUT2D eigenvalue weighted by atomic mass is 10.2. The zero-order valence-corrected chi connectivity index (χ0v) is 12.6. The maximum Gasteiger partial charge on any atom is 0.274 e. The SMILES string of the molecule is COCCn1nc(C(=O)N2C[C@@H](C)O[C@@H](C)C2)ccc1=O. The number of nitrogens with zero attached hydrogens (tertiary/aromatic N) is 3. The fourth-order valence-corrected chi connectivity index (χ4v) is 2.41. The standard InChI is InChI=1S/C14H21N3O4/c1-10-8-16(9-11(2)21-10)14(19)12-4-5-13(18)17(15-12)6-7-20-3/h4-5,10-11H,6-9H2,1-3H3/t10-,11+. The van der Waals surface area contributed by atoms with E-state index in [1.165, 1.54) is 16.8 Å². The number of morpholine rings is 1. The average molecular weight is 295 g/mol. The summed E-state index contributed by atoms with van der Waals surface area (Å²) in [6.45, 7) is 5.62. The molecule has 0 unspecified atom stereocenters. The van der Waals surface area contributed by atoms with Crippen molar-refractivity contribution in [1.29, 1.82) is 0 Å². The Kier molecular flexibility index (Phi) is 5.08. The molecule has 1 aliphatic rings. The monoisotopic (exact) mass is 295 g/mol. The third-order valence-corrected chi connectivity index (χ3v) is 3.30. The minimum absolute atomic E-state index is 0.00269. The van der Waals surface area contributed by atoms with Gasteiger partial charge in [-0.2, -0.15) is 5.10 Å². The third-order valence-electron chi connectivity index (χ3n) is 3.30. The van der Waals surface area contributed by atoms with Gasteiger partial charge in [0.15, 0.2) is 0 Å². The van der Waals surface area contributed by atoms with Gasteiger partial charge in [0.2, 0.25) is 0 Å². The Labute approximate surface area is 123 Å². The molecule has 1 aromatic rings. The Morgan fingerprint density at radius 2 is 2.05 bits per heavy atom. The van der Waals surface area contributed by atoms with Crippen LogP contribution in [0.3, 0.4) is 0 Å². The molecule has 1 amide bonds. The summed E-state index contributed by atoms with van der Waals surface area (Å²) in [6.07, 6.45) is -0.00538. The van der Waals surface area contributed by atoms with Crippen molar-refractivity contribution < 1.29 is 14.3 Å². The topological polar surface area (TPSA) is 73.7 Å². The highest BCUT2D eigenvalue weighted by molar-refractivity contribution is 5.92. The van der Waals surface area contributed by atoms with Crippen LogP contribution in [0, 0.1) is 0 Å². The lowest BCUT2D eigenvalue weighted by Gasteiger charge is -2.35. The molecule has 0 bridgehead atoms. The average Bonchev–Trinajstić information content (AvgIpc) is 2.44. The van der Waals surface area contributed by atoms with Crippen molar-refractivity contribution in [2.24, 2.45) is 0 Å². The summed E-state index contributed by atoms with van der Waals surface area (Å²) in [5, 5.41) is 4.13. The Morgan fingerprint density at radius 3 is 2.67 bits per heavy atom. The summed E-state index contributed by atoms with van der Waals surface area (Å²) in [4.78, 5) is 25.9. The molecule has 2 heterocycles. The van der Waals surface area contributed by atoms with E-state index >= 15 is 0 Å². The molecule has 0 saturated carbocycles. The molecular weight excluding hydrogens is 274 g/mol. The van der Waals surface area contributed by atoms with Crippen LogP contribution >= 0.6 is 0 Å². The van der Waals surface area contributed by atoms with E-state index in [1.807, 2.05) is 13.8 Å². The Hall–Kier alpha value is -1.73. The molecule has 7 heteroatoms. The maximum atomic E-state index is 12.5. The molecule has 1 aromatic heterocycles. The molecule has 1 fully saturated rings. The van der Waals surface area contributed by atoms with Gasteiger partial charge in [0.25, 0.3) is 11.5 Å². The lowest BCUT2D eigenvalue weighted by Crippen LogP contribution is -2.48. The van der Waals surface area contributed by atoms with Crippen LogP contribution in [0.25, 0.3) is 0 Å². The van der Waals surface area contributed by atoms with E-state index in [0.717, 1.165) is 0 Å². The highest BCUT2D eigenvalue weighted by Gasteiger charge is 2.27. The van der Waals surface area contributed by atoms with Crippen LogP contribution in [0.5, 0.6) is 0 Å². The first kappa shape index (κ1) is 15.7. The second-order valence-corrected chi connectivity index (χ2v) is 5.24. The molecule has 0 N–H and O–H groups in total. The van der Waals surface area contributed by atoms with Crippen molar-refractivity contribution >= 4 is 5.91 Å².